The van der Waals surface area contributed by atoms with Crippen molar-refractivity contribution in [1.82, 2.24) is 20.1 Å². The highest BCUT2D eigenvalue weighted by Gasteiger charge is 2.20. The highest BCUT2D eigenvalue weighted by atomic mass is 15.2. The summed E-state index contributed by atoms with van der Waals surface area (Å²) in [6.07, 6.45) is 4.23. The van der Waals surface area contributed by atoms with E-state index in [2.05, 4.69) is 55.7 Å². The Morgan fingerprint density at radius 1 is 1.00 bits per heavy atom. The molecule has 2 heterocycles. The summed E-state index contributed by atoms with van der Waals surface area (Å²) in [6, 6.07) is 20.9. The van der Waals surface area contributed by atoms with Crippen LogP contribution in [0.5, 0.6) is 0 Å². The first-order valence-corrected chi connectivity index (χ1v) is 9.65. The van der Waals surface area contributed by atoms with E-state index in [0.717, 1.165) is 37.4 Å². The van der Waals surface area contributed by atoms with Crippen LogP contribution in [0, 0.1) is 0 Å². The molecule has 0 amide bonds. The minimum atomic E-state index is 0.591. The van der Waals surface area contributed by atoms with Crippen LogP contribution in [-0.4, -0.2) is 46.3 Å². The Morgan fingerprint density at radius 3 is 2.59 bits per heavy atom. The van der Waals surface area contributed by atoms with Crippen LogP contribution in [0.4, 0.5) is 5.95 Å². The van der Waals surface area contributed by atoms with Crippen LogP contribution >= 0.6 is 0 Å². The Hall–Kier alpha value is -2.79. The van der Waals surface area contributed by atoms with Gasteiger partial charge in [0.1, 0.15) is 0 Å². The second-order valence-electron chi connectivity index (χ2n) is 7.01. The van der Waals surface area contributed by atoms with Crippen molar-refractivity contribution in [3.63, 3.8) is 0 Å². The number of hydrogen-bond donors (Lipinski definition) is 1. The summed E-state index contributed by atoms with van der Waals surface area (Å²) in [5, 5.41) is 11.5. The average molecular weight is 359 g/mol. The monoisotopic (exact) mass is 359 g/mol. The summed E-state index contributed by atoms with van der Waals surface area (Å²) in [7, 11) is 0. The van der Waals surface area contributed by atoms with Crippen LogP contribution < -0.4 is 5.32 Å². The van der Waals surface area contributed by atoms with Gasteiger partial charge in [0.05, 0.1) is 11.9 Å². The van der Waals surface area contributed by atoms with Gasteiger partial charge in [-0.1, -0.05) is 60.7 Å². The standard InChI is InChI=1S/C22H25N5/c1-3-8-18(9-4-1)20-12-7-14-27(17-20)15-13-23-22-25-21(16-24-26-22)19-10-5-2-6-11-19/h1-6,8-11,16,20H,7,12-15,17H2,(H,23,25,26)/t20-/m1/s1. The van der Waals surface area contributed by atoms with Gasteiger partial charge in [-0.15, -0.1) is 5.10 Å². The lowest BCUT2D eigenvalue weighted by molar-refractivity contribution is 0.215. The number of benzene rings is 2. The fourth-order valence-electron chi connectivity index (χ4n) is 3.71. The van der Waals surface area contributed by atoms with Gasteiger partial charge in [-0.25, -0.2) is 4.98 Å². The van der Waals surface area contributed by atoms with E-state index >= 15 is 0 Å². The lowest BCUT2D eigenvalue weighted by Gasteiger charge is -2.33. The molecule has 1 aliphatic heterocycles. The number of aromatic nitrogens is 3. The molecule has 1 aromatic heterocycles. The van der Waals surface area contributed by atoms with Crippen molar-refractivity contribution in [2.24, 2.45) is 0 Å². The Labute approximate surface area is 160 Å². The maximum absolute atomic E-state index is 4.58. The summed E-state index contributed by atoms with van der Waals surface area (Å²) in [6.45, 7) is 4.09. The number of nitrogens with zero attached hydrogens (tertiary/aromatic N) is 4. The van der Waals surface area contributed by atoms with E-state index in [0.29, 0.717) is 11.9 Å². The summed E-state index contributed by atoms with van der Waals surface area (Å²) >= 11 is 0. The first kappa shape index (κ1) is 17.6. The molecule has 27 heavy (non-hydrogen) atoms. The molecule has 0 unspecified atom stereocenters. The van der Waals surface area contributed by atoms with Crippen LogP contribution in [-0.2, 0) is 0 Å². The smallest absolute Gasteiger partial charge is 0.243 e. The second kappa shape index (κ2) is 8.73. The maximum atomic E-state index is 4.58. The van der Waals surface area contributed by atoms with E-state index in [1.54, 1.807) is 6.20 Å². The molecule has 0 radical (unpaired) electrons. The topological polar surface area (TPSA) is 53.9 Å². The van der Waals surface area contributed by atoms with Crippen molar-refractivity contribution < 1.29 is 0 Å². The molecule has 138 valence electrons. The number of nitrogens with one attached hydrogen (secondary N) is 1. The molecule has 1 fully saturated rings. The molecule has 1 atom stereocenters. The molecule has 5 heteroatoms. The van der Waals surface area contributed by atoms with Gasteiger partial charge in [-0.2, -0.15) is 5.10 Å². The Kier molecular flexibility index (Phi) is 5.70. The number of piperidine rings is 1. The normalized spacial score (nSPS) is 17.6. The van der Waals surface area contributed by atoms with Gasteiger partial charge in [0.25, 0.3) is 0 Å². The molecule has 1 N–H and O–H groups in total. The third kappa shape index (κ3) is 4.68. The predicted octanol–water partition coefficient (Wildman–Crippen LogP) is 3.83. The molecule has 1 saturated heterocycles. The molecule has 0 bridgehead atoms. The zero-order valence-electron chi connectivity index (χ0n) is 15.5. The zero-order valence-corrected chi connectivity index (χ0v) is 15.5. The quantitative estimate of drug-likeness (QED) is 0.725. The van der Waals surface area contributed by atoms with Crippen molar-refractivity contribution in [2.45, 2.75) is 18.8 Å². The first-order valence-electron chi connectivity index (χ1n) is 9.65. The maximum Gasteiger partial charge on any atom is 0.243 e. The van der Waals surface area contributed by atoms with Gasteiger partial charge in [-0.3, -0.25) is 0 Å². The highest BCUT2D eigenvalue weighted by Crippen LogP contribution is 2.26. The van der Waals surface area contributed by atoms with Crippen LogP contribution in [0.15, 0.2) is 66.9 Å². The minimum absolute atomic E-state index is 0.591. The Balaban J connectivity index is 1.31. The molecule has 5 nitrogen and oxygen atoms in total. The molecule has 2 aromatic carbocycles. The van der Waals surface area contributed by atoms with Gasteiger partial charge >= 0.3 is 0 Å². The largest absolute Gasteiger partial charge is 0.352 e. The number of hydrogen-bond acceptors (Lipinski definition) is 5. The van der Waals surface area contributed by atoms with Gasteiger partial charge in [0.15, 0.2) is 0 Å². The van der Waals surface area contributed by atoms with Crippen molar-refractivity contribution >= 4 is 5.95 Å². The highest BCUT2D eigenvalue weighted by molar-refractivity contribution is 5.58. The molecule has 0 spiro atoms. The molecule has 3 aromatic rings. The zero-order chi connectivity index (χ0) is 18.3. The lowest BCUT2D eigenvalue weighted by atomic mass is 9.91. The number of anilines is 1. The molecule has 1 aliphatic rings. The first-order chi connectivity index (χ1) is 13.4. The van der Waals surface area contributed by atoms with Gasteiger partial charge in [0.2, 0.25) is 5.95 Å². The van der Waals surface area contributed by atoms with Gasteiger partial charge in [-0.05, 0) is 30.9 Å². The Morgan fingerprint density at radius 2 is 1.78 bits per heavy atom. The van der Waals surface area contributed by atoms with Crippen LogP contribution in [0.25, 0.3) is 11.3 Å². The van der Waals surface area contributed by atoms with Crippen molar-refractivity contribution in [3.8, 4) is 11.3 Å². The van der Waals surface area contributed by atoms with Gasteiger partial charge < -0.3 is 10.2 Å². The summed E-state index contributed by atoms with van der Waals surface area (Å²) in [5.74, 6) is 1.23. The summed E-state index contributed by atoms with van der Waals surface area (Å²) < 4.78 is 0. The van der Waals surface area contributed by atoms with E-state index in [9.17, 15) is 0 Å². The fourth-order valence-corrected chi connectivity index (χ4v) is 3.71. The molecular formula is C22H25N5. The molecule has 0 saturated carbocycles. The van der Waals surface area contributed by atoms with E-state index < -0.39 is 0 Å². The van der Waals surface area contributed by atoms with Crippen molar-refractivity contribution in [3.05, 3.63) is 72.4 Å². The van der Waals surface area contributed by atoms with E-state index in [4.69, 9.17) is 0 Å². The Bertz CT molecular complexity index is 838. The second-order valence-corrected chi connectivity index (χ2v) is 7.01. The minimum Gasteiger partial charge on any atom is -0.352 e. The SMILES string of the molecule is c1ccc(-c2cnnc(NCCN3CCC[C@@H](c4ccccc4)C3)n2)cc1. The van der Waals surface area contributed by atoms with Crippen LogP contribution in [0.2, 0.25) is 0 Å². The third-order valence-corrected chi connectivity index (χ3v) is 5.12. The van der Waals surface area contributed by atoms with E-state index in [-0.39, 0.29) is 0 Å². The number of likely N-dealkylation sites (tertiary alicyclic amines) is 1. The average Bonchev–Trinajstić information content (AvgIpc) is 2.75. The van der Waals surface area contributed by atoms with Gasteiger partial charge in [0, 0.05) is 25.2 Å². The van der Waals surface area contributed by atoms with E-state index in [1.807, 2.05) is 30.3 Å². The lowest BCUT2D eigenvalue weighted by Crippen LogP contribution is -2.37. The summed E-state index contributed by atoms with van der Waals surface area (Å²) in [4.78, 5) is 7.12. The molecule has 4 rings (SSSR count). The number of rotatable bonds is 6. The van der Waals surface area contributed by atoms with Crippen molar-refractivity contribution in [1.29, 1.82) is 0 Å². The summed E-state index contributed by atoms with van der Waals surface area (Å²) in [5.41, 5.74) is 3.35. The third-order valence-electron chi connectivity index (χ3n) is 5.12. The fraction of sp³-hybridized carbons (Fsp3) is 0.318. The van der Waals surface area contributed by atoms with Crippen LogP contribution in [0.1, 0.15) is 24.3 Å². The van der Waals surface area contributed by atoms with Crippen molar-refractivity contribution in [2.75, 3.05) is 31.5 Å². The molecule has 0 aliphatic carbocycles. The molecular weight excluding hydrogens is 334 g/mol. The predicted molar refractivity (Wildman–Crippen MR) is 109 cm³/mol. The van der Waals surface area contributed by atoms with Crippen LogP contribution in [0.3, 0.4) is 0 Å². The van der Waals surface area contributed by atoms with E-state index in [1.165, 1.54) is 18.4 Å².